The molecule has 2 saturated heterocycles. The molecule has 0 spiro atoms. The fourth-order valence-corrected chi connectivity index (χ4v) is 3.47. The molecule has 2 aliphatic rings. The van der Waals surface area contributed by atoms with Crippen LogP contribution in [0.4, 0.5) is 0 Å². The first-order valence-corrected chi connectivity index (χ1v) is 9.28. The van der Waals surface area contributed by atoms with E-state index in [1.807, 2.05) is 50.3 Å². The van der Waals surface area contributed by atoms with Crippen molar-refractivity contribution in [1.82, 2.24) is 0 Å². The van der Waals surface area contributed by atoms with Crippen LogP contribution in [0.15, 0.2) is 34.8 Å². The Morgan fingerprint density at radius 3 is 2.68 bits per heavy atom. The molecule has 0 amide bonds. The van der Waals surface area contributed by atoms with Gasteiger partial charge in [-0.3, -0.25) is 4.79 Å². The summed E-state index contributed by atoms with van der Waals surface area (Å²) in [5.74, 6) is -1.09. The summed E-state index contributed by atoms with van der Waals surface area (Å²) in [6.07, 6.45) is 3.18. The predicted octanol–water partition coefficient (Wildman–Crippen LogP) is 3.91. The summed E-state index contributed by atoms with van der Waals surface area (Å²) in [7, 11) is 0. The molecule has 1 aromatic rings. The van der Waals surface area contributed by atoms with Crippen molar-refractivity contribution in [3.05, 3.63) is 40.4 Å². The van der Waals surface area contributed by atoms with E-state index in [1.54, 1.807) is 6.92 Å². The van der Waals surface area contributed by atoms with E-state index in [1.165, 1.54) is 0 Å². The average molecular weight is 411 g/mol. The zero-order valence-electron chi connectivity index (χ0n) is 14.6. The summed E-state index contributed by atoms with van der Waals surface area (Å²) in [4.78, 5) is 12.0. The Morgan fingerprint density at radius 2 is 2.00 bits per heavy atom. The van der Waals surface area contributed by atoms with E-state index in [-0.39, 0.29) is 30.5 Å². The molecule has 0 saturated carbocycles. The van der Waals surface area contributed by atoms with E-state index in [4.69, 9.17) is 18.9 Å². The SMILES string of the molecule is CCOC(=O)C[C@H]1[C@H]2OC(C)(C)O[C@H]2O[C@@H]1C=Cc1ccc(Br)cc1. The number of esters is 1. The van der Waals surface area contributed by atoms with Crippen LogP contribution in [0.1, 0.15) is 32.8 Å². The lowest BCUT2D eigenvalue weighted by atomic mass is 9.94. The molecule has 6 heteroatoms. The van der Waals surface area contributed by atoms with E-state index >= 15 is 0 Å². The van der Waals surface area contributed by atoms with Gasteiger partial charge in [0.05, 0.1) is 19.1 Å². The molecule has 0 radical (unpaired) electrons. The van der Waals surface area contributed by atoms with Gasteiger partial charge in [-0.15, -0.1) is 0 Å². The standard InChI is InChI=1S/C19H23BrO5/c1-4-22-16(21)11-14-15(10-7-12-5-8-13(20)9-6-12)23-18-17(14)24-19(2,3)25-18/h5-10,14-15,17-18H,4,11H2,1-3H3/t14-,15-,17-,18-/m1/s1. The third-order valence-corrected chi connectivity index (χ3v) is 4.81. The van der Waals surface area contributed by atoms with Gasteiger partial charge in [-0.05, 0) is 38.5 Å². The largest absolute Gasteiger partial charge is 0.466 e. The molecule has 4 atom stereocenters. The van der Waals surface area contributed by atoms with Gasteiger partial charge in [0, 0.05) is 10.4 Å². The smallest absolute Gasteiger partial charge is 0.306 e. The first kappa shape index (κ1) is 18.6. The Balaban J connectivity index is 1.74. The molecule has 0 aromatic heterocycles. The number of hydrogen-bond donors (Lipinski definition) is 0. The maximum Gasteiger partial charge on any atom is 0.306 e. The lowest BCUT2D eigenvalue weighted by Crippen LogP contribution is -2.31. The van der Waals surface area contributed by atoms with Gasteiger partial charge in [0.1, 0.15) is 6.10 Å². The monoisotopic (exact) mass is 410 g/mol. The van der Waals surface area contributed by atoms with Gasteiger partial charge >= 0.3 is 5.97 Å². The molecule has 0 bridgehead atoms. The van der Waals surface area contributed by atoms with Gasteiger partial charge in [0.2, 0.25) is 0 Å². The Bertz CT molecular complexity index is 640. The summed E-state index contributed by atoms with van der Waals surface area (Å²) in [6.45, 7) is 5.86. The molecule has 5 nitrogen and oxygen atoms in total. The molecule has 2 fully saturated rings. The fourth-order valence-electron chi connectivity index (χ4n) is 3.21. The molecule has 1 aromatic carbocycles. The second kappa shape index (κ2) is 7.58. The third-order valence-electron chi connectivity index (χ3n) is 4.28. The van der Waals surface area contributed by atoms with E-state index in [2.05, 4.69) is 15.9 Å². The topological polar surface area (TPSA) is 54.0 Å². The molecule has 2 heterocycles. The summed E-state index contributed by atoms with van der Waals surface area (Å²) < 4.78 is 23.9. The van der Waals surface area contributed by atoms with E-state index < -0.39 is 12.1 Å². The Labute approximate surface area is 156 Å². The quantitative estimate of drug-likeness (QED) is 0.688. The Hall–Kier alpha value is -1.21. The highest BCUT2D eigenvalue weighted by molar-refractivity contribution is 9.10. The minimum absolute atomic E-state index is 0.141. The molecular formula is C19H23BrO5. The van der Waals surface area contributed by atoms with Gasteiger partial charge in [-0.2, -0.15) is 0 Å². The van der Waals surface area contributed by atoms with Gasteiger partial charge in [-0.1, -0.05) is 40.2 Å². The van der Waals surface area contributed by atoms with Crippen molar-refractivity contribution in [1.29, 1.82) is 0 Å². The first-order chi connectivity index (χ1) is 11.9. The van der Waals surface area contributed by atoms with Crippen LogP contribution >= 0.6 is 15.9 Å². The molecule has 0 N–H and O–H groups in total. The lowest BCUT2D eigenvalue weighted by Gasteiger charge is -2.23. The van der Waals surface area contributed by atoms with Crippen molar-refractivity contribution >= 4 is 28.0 Å². The number of halogens is 1. The summed E-state index contributed by atoms with van der Waals surface area (Å²) in [5.41, 5.74) is 1.06. The van der Waals surface area contributed by atoms with Crippen LogP contribution in [0.2, 0.25) is 0 Å². The fraction of sp³-hybridized carbons (Fsp3) is 0.526. The van der Waals surface area contributed by atoms with Crippen molar-refractivity contribution in [3.8, 4) is 0 Å². The molecule has 0 aliphatic carbocycles. The maximum absolute atomic E-state index is 12.0. The van der Waals surface area contributed by atoms with Gasteiger partial charge in [0.15, 0.2) is 12.1 Å². The van der Waals surface area contributed by atoms with E-state index in [0.29, 0.717) is 6.61 Å². The molecule has 3 rings (SSSR count). The normalized spacial score (nSPS) is 30.6. The zero-order valence-corrected chi connectivity index (χ0v) is 16.2. The van der Waals surface area contributed by atoms with Crippen molar-refractivity contribution in [2.45, 2.75) is 51.5 Å². The Kier molecular flexibility index (Phi) is 5.63. The van der Waals surface area contributed by atoms with Crippen LogP contribution in [-0.4, -0.2) is 36.9 Å². The molecule has 25 heavy (non-hydrogen) atoms. The Morgan fingerprint density at radius 1 is 1.28 bits per heavy atom. The van der Waals surface area contributed by atoms with Crippen molar-refractivity contribution in [2.75, 3.05) is 6.61 Å². The number of rotatable bonds is 5. The van der Waals surface area contributed by atoms with Gasteiger partial charge in [0.25, 0.3) is 0 Å². The number of hydrogen-bond acceptors (Lipinski definition) is 5. The van der Waals surface area contributed by atoms with Gasteiger partial charge in [-0.25, -0.2) is 0 Å². The number of benzene rings is 1. The van der Waals surface area contributed by atoms with E-state index in [9.17, 15) is 4.79 Å². The van der Waals surface area contributed by atoms with Crippen molar-refractivity contribution < 1.29 is 23.7 Å². The highest BCUT2D eigenvalue weighted by Gasteiger charge is 2.54. The minimum Gasteiger partial charge on any atom is -0.466 e. The third kappa shape index (κ3) is 4.50. The first-order valence-electron chi connectivity index (χ1n) is 8.48. The molecule has 136 valence electrons. The number of fused-ring (bicyclic) bond motifs is 1. The second-order valence-electron chi connectivity index (χ2n) is 6.65. The van der Waals surface area contributed by atoms with Crippen LogP contribution in [0.3, 0.4) is 0 Å². The summed E-state index contributed by atoms with van der Waals surface area (Å²) in [5, 5.41) is 0. The van der Waals surface area contributed by atoms with Crippen LogP contribution in [0.5, 0.6) is 0 Å². The molecule has 0 unspecified atom stereocenters. The molecular weight excluding hydrogens is 388 g/mol. The van der Waals surface area contributed by atoms with E-state index in [0.717, 1.165) is 10.0 Å². The lowest BCUT2D eigenvalue weighted by molar-refractivity contribution is -0.205. The second-order valence-corrected chi connectivity index (χ2v) is 7.57. The number of ether oxygens (including phenoxy) is 4. The van der Waals surface area contributed by atoms with Crippen LogP contribution in [-0.2, 0) is 23.7 Å². The van der Waals surface area contributed by atoms with Crippen LogP contribution < -0.4 is 0 Å². The zero-order chi connectivity index (χ0) is 18.0. The molecule has 2 aliphatic heterocycles. The number of carbonyl (C=O) groups excluding carboxylic acids is 1. The minimum atomic E-state index is -0.706. The average Bonchev–Trinajstić information content (AvgIpc) is 3.00. The number of carbonyl (C=O) groups is 1. The van der Waals surface area contributed by atoms with Crippen molar-refractivity contribution in [2.24, 2.45) is 5.92 Å². The van der Waals surface area contributed by atoms with Gasteiger partial charge < -0.3 is 18.9 Å². The summed E-state index contributed by atoms with van der Waals surface area (Å²) >= 11 is 3.42. The van der Waals surface area contributed by atoms with Crippen LogP contribution in [0.25, 0.3) is 6.08 Å². The van der Waals surface area contributed by atoms with Crippen LogP contribution in [0, 0.1) is 5.92 Å². The highest BCUT2D eigenvalue weighted by Crippen LogP contribution is 2.42. The summed E-state index contributed by atoms with van der Waals surface area (Å²) in [6, 6.07) is 7.98. The maximum atomic E-state index is 12.0. The van der Waals surface area contributed by atoms with Crippen molar-refractivity contribution in [3.63, 3.8) is 0 Å². The highest BCUT2D eigenvalue weighted by atomic mass is 79.9. The predicted molar refractivity (Wildman–Crippen MR) is 96.6 cm³/mol.